The number of ketones is 4. The van der Waals surface area contributed by atoms with Gasteiger partial charge in [0.1, 0.15) is 46.3 Å². The molecule has 0 fully saturated rings. The Morgan fingerprint density at radius 3 is 1.50 bits per heavy atom. The van der Waals surface area contributed by atoms with E-state index in [1.54, 1.807) is 40.3 Å². The molecule has 2 aromatic rings. The molecule has 0 bridgehead atoms. The molecule has 0 radical (unpaired) electrons. The zero-order chi connectivity index (χ0) is 49.6. The number of rotatable bonds is 7. The van der Waals surface area contributed by atoms with E-state index in [0.29, 0.717) is 47.9 Å². The molecule has 2 aromatic carbocycles. The van der Waals surface area contributed by atoms with Crippen molar-refractivity contribution in [3.8, 4) is 35.2 Å². The van der Waals surface area contributed by atoms with E-state index in [1.807, 2.05) is 0 Å². The third-order valence-corrected chi connectivity index (χ3v) is 14.6. The van der Waals surface area contributed by atoms with Gasteiger partial charge >= 0.3 is 0 Å². The van der Waals surface area contributed by atoms with Gasteiger partial charge in [-0.1, -0.05) is 23.7 Å². The maximum Gasteiger partial charge on any atom is 0.255 e. The van der Waals surface area contributed by atoms with E-state index >= 15 is 0 Å². The van der Waals surface area contributed by atoms with Gasteiger partial charge in [0.15, 0.2) is 22.8 Å². The maximum absolute atomic E-state index is 14.1. The SMILES string of the molecule is CN(C)[C@@H]1C(O)=C(C(N)=O)C(=O)[C@@]2(O)C(O)=C3C(=O)c4c(O)ccc(C#CCCCCC#Cc5ccc(O)c6c5C[C@H]5C[C@H]7[C@H](N(C)C)C(O)=C(C(N)O)C(=O)[C@@]7(O)C(O)=C5C6=O)c4C[C@H]3C[C@@H]12. The number of nitrogens with two attached hydrogens (primary N) is 2. The lowest BCUT2D eigenvalue weighted by Gasteiger charge is -2.50. The van der Waals surface area contributed by atoms with E-state index in [-0.39, 0.29) is 53.7 Å². The number of phenolic OH excluding ortho intramolecular Hbond substituents is 2. The Hall–Kier alpha value is -6.77. The predicted molar refractivity (Wildman–Crippen MR) is 241 cm³/mol. The summed E-state index contributed by atoms with van der Waals surface area (Å²) in [7, 11) is 6.27. The van der Waals surface area contributed by atoms with Crippen LogP contribution in [0.1, 0.15) is 81.5 Å². The number of unbranched alkanes of at least 4 members (excludes halogenated alkanes) is 3. The van der Waals surface area contributed by atoms with Gasteiger partial charge in [-0.2, -0.15) is 0 Å². The van der Waals surface area contributed by atoms with E-state index in [2.05, 4.69) is 23.7 Å². The van der Waals surface area contributed by atoms with Crippen molar-refractivity contribution in [2.75, 3.05) is 28.2 Å². The molecule has 0 saturated heterocycles. The lowest BCUT2D eigenvalue weighted by Crippen LogP contribution is -2.64. The summed E-state index contributed by atoms with van der Waals surface area (Å²) < 4.78 is 0. The summed E-state index contributed by atoms with van der Waals surface area (Å²) in [6.45, 7) is 0. The van der Waals surface area contributed by atoms with Crippen molar-refractivity contribution >= 4 is 29.0 Å². The normalized spacial score (nSPS) is 29.0. The number of likely N-dealkylation sites (N-methyl/N-ethyl adjacent to an activating group) is 2. The summed E-state index contributed by atoms with van der Waals surface area (Å²) in [5.41, 5.74) is 5.00. The minimum absolute atomic E-state index is 0.0313. The van der Waals surface area contributed by atoms with Crippen LogP contribution in [0.25, 0.3) is 0 Å². The van der Waals surface area contributed by atoms with Crippen molar-refractivity contribution in [2.24, 2.45) is 35.1 Å². The number of carbonyl (C=O) groups excluding carboxylic acids is 5. The molecule has 0 aromatic heterocycles. The zero-order valence-corrected chi connectivity index (χ0v) is 37.6. The van der Waals surface area contributed by atoms with E-state index in [1.165, 1.54) is 21.9 Å². The van der Waals surface area contributed by atoms with E-state index in [4.69, 9.17) is 11.5 Å². The molecule has 9 atom stereocenters. The number of allylic oxidation sites excluding steroid dienone is 2. The van der Waals surface area contributed by atoms with Gasteiger partial charge in [0.05, 0.1) is 28.8 Å². The smallest absolute Gasteiger partial charge is 0.255 e. The summed E-state index contributed by atoms with van der Waals surface area (Å²) >= 11 is 0. The van der Waals surface area contributed by atoms with Gasteiger partial charge in [-0.05, 0) is 114 Å². The fourth-order valence-electron chi connectivity index (χ4n) is 11.6. The second-order valence-electron chi connectivity index (χ2n) is 18.8. The quantitative estimate of drug-likeness (QED) is 0.0807. The van der Waals surface area contributed by atoms with Crippen LogP contribution in [0.3, 0.4) is 0 Å². The number of aromatic hydroxyl groups is 2. The summed E-state index contributed by atoms with van der Waals surface area (Å²) in [6.07, 6.45) is 0.183. The number of nitrogens with zero attached hydrogens (tertiary/aromatic N) is 2. The van der Waals surface area contributed by atoms with Crippen molar-refractivity contribution in [3.05, 3.63) is 103 Å². The molecule has 0 saturated carbocycles. The highest BCUT2D eigenvalue weighted by Gasteiger charge is 2.65. The third-order valence-electron chi connectivity index (χ3n) is 14.6. The molecule has 0 spiro atoms. The average Bonchev–Trinajstić information content (AvgIpc) is 3.25. The van der Waals surface area contributed by atoms with Crippen molar-refractivity contribution in [2.45, 2.75) is 80.9 Å². The van der Waals surface area contributed by atoms with Crippen LogP contribution in [-0.4, -0.2) is 143 Å². The first kappa shape index (κ1) is 47.7. The first-order valence-electron chi connectivity index (χ1n) is 22.1. The first-order valence-corrected chi connectivity index (χ1v) is 22.1. The molecule has 6 aliphatic carbocycles. The topological polar surface area (TPSA) is 326 Å². The first-order chi connectivity index (χ1) is 32.0. The molecule has 68 heavy (non-hydrogen) atoms. The number of benzene rings is 2. The Labute approximate surface area is 390 Å². The lowest BCUT2D eigenvalue weighted by molar-refractivity contribution is -0.149. The highest BCUT2D eigenvalue weighted by Crippen LogP contribution is 2.54. The van der Waals surface area contributed by atoms with Crippen LogP contribution in [-0.2, 0) is 27.2 Å². The standard InChI is InChI=1S/C50H52N4O14/c1-53(2)37-27-19-23-17-25-21(13-15-29(55)33(25)39(57)31(23)43(61)49(27,67)45(63)35(41(37)59)47(51)65)11-9-7-5-6-8-10-12-22-14-16-30(56)34-26(22)18-24-20-28-38(54(3)4)42(60)36(48(52)66)46(64)50(28,68)44(62)32(24)40(34)58/h13-16,23-24,27-28,37-38,47,55-56,59-62,65,67-68H,5-8,17-20,51H2,1-4H3,(H2,52,66)/t23-,24-,27-,28-,37-,38-,47?,49-,50-/m0/s1. The number of phenols is 2. The monoisotopic (exact) mass is 932 g/mol. The molecule has 13 N–H and O–H groups in total. The fraction of sp³-hybridized carbons (Fsp3) is 0.420. The van der Waals surface area contributed by atoms with Crippen LogP contribution < -0.4 is 11.5 Å². The molecule has 1 amide bonds. The van der Waals surface area contributed by atoms with Crippen molar-refractivity contribution in [1.82, 2.24) is 9.80 Å². The fourth-order valence-corrected chi connectivity index (χ4v) is 11.6. The van der Waals surface area contributed by atoms with Gasteiger partial charge in [-0.25, -0.2) is 0 Å². The number of aliphatic hydroxyl groups is 7. The number of amides is 1. The summed E-state index contributed by atoms with van der Waals surface area (Å²) in [4.78, 5) is 70.6. The predicted octanol–water partition coefficient (Wildman–Crippen LogP) is 1.31. The Kier molecular flexibility index (Phi) is 12.0. The van der Waals surface area contributed by atoms with Crippen LogP contribution >= 0.6 is 0 Å². The summed E-state index contributed by atoms with van der Waals surface area (Å²) in [5, 5.41) is 101. The second-order valence-corrected chi connectivity index (χ2v) is 18.8. The van der Waals surface area contributed by atoms with Crippen LogP contribution in [0.2, 0.25) is 0 Å². The van der Waals surface area contributed by atoms with Crippen LogP contribution in [0.15, 0.2) is 69.6 Å². The second kappa shape index (κ2) is 17.1. The number of hydrogen-bond acceptors (Lipinski definition) is 17. The van der Waals surface area contributed by atoms with Gasteiger partial charge in [0.2, 0.25) is 11.6 Å². The Bertz CT molecular complexity index is 2900. The number of aliphatic hydroxyl groups excluding tert-OH is 5. The molecule has 18 heteroatoms. The minimum Gasteiger partial charge on any atom is -0.510 e. The molecule has 18 nitrogen and oxygen atoms in total. The molecular weight excluding hydrogens is 881 g/mol. The lowest BCUT2D eigenvalue weighted by atomic mass is 9.58. The molecule has 8 rings (SSSR count). The summed E-state index contributed by atoms with van der Waals surface area (Å²) in [6, 6.07) is 3.57. The molecule has 1 unspecified atom stereocenters. The molecule has 0 heterocycles. The van der Waals surface area contributed by atoms with Crippen LogP contribution in [0.5, 0.6) is 11.5 Å². The van der Waals surface area contributed by atoms with Gasteiger partial charge in [-0.15, -0.1) is 0 Å². The number of Topliss-reactive ketones (excluding diaryl/α,β-unsaturated/α-hetero) is 4. The molecular formula is C50H52N4O14. The zero-order valence-electron chi connectivity index (χ0n) is 37.6. The maximum atomic E-state index is 14.1. The van der Waals surface area contributed by atoms with E-state index in [9.17, 15) is 69.9 Å². The summed E-state index contributed by atoms with van der Waals surface area (Å²) in [5.74, 6) is -0.667. The highest BCUT2D eigenvalue weighted by molar-refractivity contribution is 6.25. The molecule has 356 valence electrons. The van der Waals surface area contributed by atoms with Crippen molar-refractivity contribution in [1.29, 1.82) is 0 Å². The highest BCUT2D eigenvalue weighted by atomic mass is 16.4. The van der Waals surface area contributed by atoms with Gasteiger partial charge in [-0.3, -0.25) is 33.8 Å². The minimum atomic E-state index is -2.75. The van der Waals surface area contributed by atoms with Crippen LogP contribution in [0, 0.1) is 47.4 Å². The Morgan fingerprint density at radius 2 is 1.10 bits per heavy atom. The molecule has 6 aliphatic rings. The Balaban J connectivity index is 0.979. The number of fused-ring (bicyclic) bond motifs is 6. The van der Waals surface area contributed by atoms with Gasteiger partial charge in [0.25, 0.3) is 5.91 Å². The van der Waals surface area contributed by atoms with Gasteiger partial charge < -0.3 is 57.4 Å². The van der Waals surface area contributed by atoms with Crippen molar-refractivity contribution < 1.29 is 69.9 Å². The Morgan fingerprint density at radius 1 is 0.691 bits per heavy atom. The van der Waals surface area contributed by atoms with Crippen LogP contribution in [0.4, 0.5) is 0 Å². The van der Waals surface area contributed by atoms with Gasteiger partial charge in [0, 0.05) is 47.0 Å². The number of carbonyl (C=O) groups is 5. The average molecular weight is 933 g/mol. The number of hydrogen-bond donors (Lipinski definition) is 11. The third kappa shape index (κ3) is 6.93. The number of primary amides is 1. The molecule has 0 aliphatic heterocycles. The van der Waals surface area contributed by atoms with Crippen molar-refractivity contribution in [3.63, 3.8) is 0 Å². The van der Waals surface area contributed by atoms with E-state index in [0.717, 1.165) is 0 Å². The van der Waals surface area contributed by atoms with E-state index < -0.39 is 122 Å². The largest absolute Gasteiger partial charge is 0.510 e.